The van der Waals surface area contributed by atoms with E-state index < -0.39 is 0 Å². The molecule has 9 aromatic carbocycles. The molecule has 0 aliphatic carbocycles. The number of fused-ring (bicyclic) bond motifs is 9. The van der Waals surface area contributed by atoms with Gasteiger partial charge in [0, 0.05) is 38.4 Å². The Bertz CT molecular complexity index is 3570. The molecule has 58 heavy (non-hydrogen) atoms. The van der Waals surface area contributed by atoms with E-state index in [1.807, 2.05) is 78.9 Å². The molecule has 12 rings (SSSR count). The van der Waals surface area contributed by atoms with Gasteiger partial charge in [0.05, 0.1) is 0 Å². The SMILES string of the molecule is c1ccc(-c2nc(-c3cc4ccccc4c4ccccc34)nc(-c3cccc4oc5cc(-c6cccc7ccc8nc(-c9ccccc9)oc8c67)ccc5c34)n2)cc1. The lowest BCUT2D eigenvalue weighted by Crippen LogP contribution is -2.01. The highest BCUT2D eigenvalue weighted by Crippen LogP contribution is 2.42. The molecular formula is C52H30N4O2. The summed E-state index contributed by atoms with van der Waals surface area (Å²) < 4.78 is 13.2. The lowest BCUT2D eigenvalue weighted by molar-refractivity contribution is 0.623. The van der Waals surface area contributed by atoms with E-state index in [2.05, 4.69) is 103 Å². The highest BCUT2D eigenvalue weighted by atomic mass is 16.3. The van der Waals surface area contributed by atoms with Crippen molar-refractivity contribution in [2.75, 3.05) is 0 Å². The van der Waals surface area contributed by atoms with Gasteiger partial charge in [0.15, 0.2) is 23.1 Å². The van der Waals surface area contributed by atoms with E-state index in [0.717, 1.165) is 93.4 Å². The molecule has 12 aromatic rings. The van der Waals surface area contributed by atoms with Crippen LogP contribution in [0.25, 0.3) is 122 Å². The molecule has 0 saturated heterocycles. The van der Waals surface area contributed by atoms with Crippen LogP contribution in [0.15, 0.2) is 191 Å². The van der Waals surface area contributed by atoms with E-state index in [-0.39, 0.29) is 0 Å². The summed E-state index contributed by atoms with van der Waals surface area (Å²) in [6.45, 7) is 0. The maximum atomic E-state index is 6.67. The van der Waals surface area contributed by atoms with Gasteiger partial charge in [-0.2, -0.15) is 0 Å². The van der Waals surface area contributed by atoms with Gasteiger partial charge < -0.3 is 8.83 Å². The Labute approximate surface area is 331 Å². The molecule has 270 valence electrons. The van der Waals surface area contributed by atoms with Crippen molar-refractivity contribution in [3.8, 4) is 56.7 Å². The first-order valence-electron chi connectivity index (χ1n) is 19.3. The van der Waals surface area contributed by atoms with Gasteiger partial charge in [0.25, 0.3) is 0 Å². The molecule has 0 aliphatic rings. The van der Waals surface area contributed by atoms with Gasteiger partial charge in [-0.1, -0.05) is 140 Å². The molecule has 3 aromatic heterocycles. The zero-order valence-corrected chi connectivity index (χ0v) is 30.9. The molecule has 6 heteroatoms. The normalized spacial score (nSPS) is 11.8. The summed E-state index contributed by atoms with van der Waals surface area (Å²) in [6, 6.07) is 62.3. The number of oxazole rings is 1. The van der Waals surface area contributed by atoms with Crippen LogP contribution in [0.1, 0.15) is 0 Å². The number of furan rings is 1. The second kappa shape index (κ2) is 12.8. The van der Waals surface area contributed by atoms with Crippen LogP contribution in [0.5, 0.6) is 0 Å². The Morgan fingerprint density at radius 3 is 1.84 bits per heavy atom. The van der Waals surface area contributed by atoms with Crippen LogP contribution in [0.3, 0.4) is 0 Å². The summed E-state index contributed by atoms with van der Waals surface area (Å²) in [7, 11) is 0. The molecule has 3 heterocycles. The Hall–Kier alpha value is -7.96. The van der Waals surface area contributed by atoms with Crippen molar-refractivity contribution in [2.24, 2.45) is 0 Å². The molecule has 0 spiro atoms. The predicted molar refractivity (Wildman–Crippen MR) is 234 cm³/mol. The van der Waals surface area contributed by atoms with Crippen molar-refractivity contribution < 1.29 is 8.83 Å². The van der Waals surface area contributed by atoms with Crippen LogP contribution >= 0.6 is 0 Å². The summed E-state index contributed by atoms with van der Waals surface area (Å²) in [5.41, 5.74) is 8.84. The second-order valence-corrected chi connectivity index (χ2v) is 14.6. The molecule has 0 N–H and O–H groups in total. The lowest BCUT2D eigenvalue weighted by Gasteiger charge is -2.12. The zero-order valence-electron chi connectivity index (χ0n) is 30.9. The zero-order chi connectivity index (χ0) is 38.2. The summed E-state index contributed by atoms with van der Waals surface area (Å²) in [4.78, 5) is 20.4. The Morgan fingerprint density at radius 1 is 0.328 bits per heavy atom. The van der Waals surface area contributed by atoms with Crippen molar-refractivity contribution in [3.05, 3.63) is 182 Å². The largest absolute Gasteiger partial charge is 0.456 e. The summed E-state index contributed by atoms with van der Waals surface area (Å²) in [5.74, 6) is 2.40. The standard InChI is InChI=1S/C52H30N4O2/c1-3-13-32(14-4-1)49-54-50(56-51(55-49)42-29-34-17-7-8-19-36(34)38-20-9-10-21-39(38)42)41-23-12-24-44-47(41)40-27-25-35(30-45(40)57-44)37-22-11-18-31-26-28-43-48(46(31)37)58-52(53-43)33-15-5-2-6-16-33/h1-30H. The minimum absolute atomic E-state index is 0.578. The van der Waals surface area contributed by atoms with Crippen LogP contribution in [0.2, 0.25) is 0 Å². The highest BCUT2D eigenvalue weighted by molar-refractivity contribution is 6.16. The topological polar surface area (TPSA) is 77.8 Å². The molecule has 0 aliphatic heterocycles. The van der Waals surface area contributed by atoms with E-state index in [4.69, 9.17) is 28.8 Å². The summed E-state index contributed by atoms with van der Waals surface area (Å²) >= 11 is 0. The van der Waals surface area contributed by atoms with Gasteiger partial charge in [-0.25, -0.2) is 19.9 Å². The molecule has 0 bridgehead atoms. The smallest absolute Gasteiger partial charge is 0.227 e. The molecule has 0 unspecified atom stereocenters. The van der Waals surface area contributed by atoms with Crippen LogP contribution in [-0.2, 0) is 0 Å². The first kappa shape index (κ1) is 32.3. The molecule has 0 fully saturated rings. The fourth-order valence-electron chi connectivity index (χ4n) is 8.45. The number of nitrogens with zero attached hydrogens (tertiary/aromatic N) is 4. The van der Waals surface area contributed by atoms with Gasteiger partial charge in [-0.05, 0) is 80.5 Å². The van der Waals surface area contributed by atoms with Crippen LogP contribution in [0.4, 0.5) is 0 Å². The van der Waals surface area contributed by atoms with Crippen molar-refractivity contribution in [1.29, 1.82) is 0 Å². The molecule has 0 saturated carbocycles. The first-order chi connectivity index (χ1) is 28.7. The van der Waals surface area contributed by atoms with Crippen LogP contribution < -0.4 is 0 Å². The first-order valence-corrected chi connectivity index (χ1v) is 19.3. The van der Waals surface area contributed by atoms with E-state index in [1.54, 1.807) is 0 Å². The number of hydrogen-bond acceptors (Lipinski definition) is 6. The molecule has 0 atom stereocenters. The van der Waals surface area contributed by atoms with Gasteiger partial charge in [0.2, 0.25) is 5.89 Å². The maximum absolute atomic E-state index is 6.67. The van der Waals surface area contributed by atoms with Crippen molar-refractivity contribution in [2.45, 2.75) is 0 Å². The van der Waals surface area contributed by atoms with Gasteiger partial charge in [0.1, 0.15) is 16.7 Å². The molecule has 6 nitrogen and oxygen atoms in total. The van der Waals surface area contributed by atoms with Crippen molar-refractivity contribution >= 4 is 65.4 Å². The molecule has 0 amide bonds. The van der Waals surface area contributed by atoms with Crippen molar-refractivity contribution in [3.63, 3.8) is 0 Å². The van der Waals surface area contributed by atoms with E-state index in [1.165, 1.54) is 5.39 Å². The third-order valence-electron chi connectivity index (χ3n) is 11.1. The number of hydrogen-bond donors (Lipinski definition) is 0. The fourth-order valence-corrected chi connectivity index (χ4v) is 8.45. The Kier molecular flexibility index (Phi) is 7.13. The van der Waals surface area contributed by atoms with E-state index in [0.29, 0.717) is 23.4 Å². The molecular weight excluding hydrogens is 713 g/mol. The third-order valence-corrected chi connectivity index (χ3v) is 11.1. The molecule has 0 radical (unpaired) electrons. The Morgan fingerprint density at radius 2 is 1.00 bits per heavy atom. The number of benzene rings is 9. The monoisotopic (exact) mass is 742 g/mol. The quantitative estimate of drug-likeness (QED) is 0.163. The van der Waals surface area contributed by atoms with Gasteiger partial charge in [-0.15, -0.1) is 0 Å². The van der Waals surface area contributed by atoms with Crippen LogP contribution in [0, 0.1) is 0 Å². The average molecular weight is 743 g/mol. The average Bonchev–Trinajstić information content (AvgIpc) is 3.91. The third kappa shape index (κ3) is 5.12. The fraction of sp³-hybridized carbons (Fsp3) is 0. The van der Waals surface area contributed by atoms with Gasteiger partial charge >= 0.3 is 0 Å². The van der Waals surface area contributed by atoms with Gasteiger partial charge in [-0.3, -0.25) is 0 Å². The minimum Gasteiger partial charge on any atom is -0.456 e. The van der Waals surface area contributed by atoms with E-state index in [9.17, 15) is 0 Å². The van der Waals surface area contributed by atoms with Crippen LogP contribution in [-0.4, -0.2) is 19.9 Å². The second-order valence-electron chi connectivity index (χ2n) is 14.6. The van der Waals surface area contributed by atoms with E-state index >= 15 is 0 Å². The number of aromatic nitrogens is 4. The minimum atomic E-state index is 0.578. The number of rotatable bonds is 5. The lowest BCUT2D eigenvalue weighted by atomic mass is 9.96. The Balaban J connectivity index is 1.05. The maximum Gasteiger partial charge on any atom is 0.227 e. The predicted octanol–water partition coefficient (Wildman–Crippen LogP) is 13.7. The van der Waals surface area contributed by atoms with Crippen molar-refractivity contribution in [1.82, 2.24) is 19.9 Å². The summed E-state index contributed by atoms with van der Waals surface area (Å²) in [6.07, 6.45) is 0. The summed E-state index contributed by atoms with van der Waals surface area (Å²) in [5, 5.41) is 8.58. The highest BCUT2D eigenvalue weighted by Gasteiger charge is 2.21.